The standard InChI is InChI=1S/C13H18N4S2/c1-9-16-17-12(18-9)19-11-6-5-10(7-14-11)8-15-13(2,3)4/h5-7,15H,8H2,1-4H3. The molecule has 0 aliphatic heterocycles. The van der Waals surface area contributed by atoms with Crippen LogP contribution in [-0.2, 0) is 6.54 Å². The zero-order chi connectivity index (χ0) is 13.9. The van der Waals surface area contributed by atoms with E-state index in [4.69, 9.17) is 0 Å². The zero-order valence-electron chi connectivity index (χ0n) is 11.6. The predicted molar refractivity (Wildman–Crippen MR) is 79.6 cm³/mol. The number of aryl methyl sites for hydroxylation is 1. The van der Waals surface area contributed by atoms with Gasteiger partial charge < -0.3 is 5.32 Å². The van der Waals surface area contributed by atoms with Gasteiger partial charge in [-0.1, -0.05) is 17.4 Å². The molecule has 6 heteroatoms. The van der Waals surface area contributed by atoms with Gasteiger partial charge in [-0.15, -0.1) is 10.2 Å². The van der Waals surface area contributed by atoms with E-state index < -0.39 is 0 Å². The SMILES string of the molecule is Cc1nnc(Sc2ccc(CNC(C)(C)C)cn2)s1. The maximum Gasteiger partial charge on any atom is 0.180 e. The number of pyridine rings is 1. The van der Waals surface area contributed by atoms with Gasteiger partial charge in [-0.2, -0.15) is 0 Å². The highest BCUT2D eigenvalue weighted by atomic mass is 32.2. The van der Waals surface area contributed by atoms with E-state index in [0.29, 0.717) is 0 Å². The van der Waals surface area contributed by atoms with Crippen molar-refractivity contribution >= 4 is 23.1 Å². The van der Waals surface area contributed by atoms with Crippen LogP contribution in [0.15, 0.2) is 27.7 Å². The maximum atomic E-state index is 4.45. The Labute approximate surface area is 122 Å². The largest absolute Gasteiger partial charge is 0.308 e. The fourth-order valence-electron chi connectivity index (χ4n) is 1.35. The molecule has 2 heterocycles. The third-order valence-corrected chi connectivity index (χ3v) is 4.16. The number of nitrogens with one attached hydrogen (secondary N) is 1. The summed E-state index contributed by atoms with van der Waals surface area (Å²) < 4.78 is 0.936. The second kappa shape index (κ2) is 5.98. The van der Waals surface area contributed by atoms with Crippen molar-refractivity contribution in [3.05, 3.63) is 28.9 Å². The van der Waals surface area contributed by atoms with E-state index in [9.17, 15) is 0 Å². The quantitative estimate of drug-likeness (QED) is 0.938. The monoisotopic (exact) mass is 294 g/mol. The summed E-state index contributed by atoms with van der Waals surface area (Å²) in [4.78, 5) is 4.45. The molecule has 0 saturated heterocycles. The Kier molecular flexibility index (Phi) is 4.54. The van der Waals surface area contributed by atoms with Gasteiger partial charge in [-0.3, -0.25) is 0 Å². The van der Waals surface area contributed by atoms with Crippen LogP contribution >= 0.6 is 23.1 Å². The molecule has 0 aromatic carbocycles. The van der Waals surface area contributed by atoms with Gasteiger partial charge in [0.25, 0.3) is 0 Å². The average Bonchev–Trinajstić information content (AvgIpc) is 2.73. The highest BCUT2D eigenvalue weighted by molar-refractivity contribution is 8.01. The van der Waals surface area contributed by atoms with E-state index in [-0.39, 0.29) is 5.54 Å². The van der Waals surface area contributed by atoms with E-state index in [1.807, 2.05) is 19.2 Å². The molecule has 0 aliphatic rings. The van der Waals surface area contributed by atoms with E-state index in [2.05, 4.69) is 47.3 Å². The summed E-state index contributed by atoms with van der Waals surface area (Å²) in [6, 6.07) is 4.13. The third kappa shape index (κ3) is 4.89. The number of hydrogen-bond donors (Lipinski definition) is 1. The smallest absolute Gasteiger partial charge is 0.180 e. The number of nitrogens with zero attached hydrogens (tertiary/aromatic N) is 3. The van der Waals surface area contributed by atoms with Crippen LogP contribution in [-0.4, -0.2) is 20.7 Å². The van der Waals surface area contributed by atoms with Crippen molar-refractivity contribution in [2.75, 3.05) is 0 Å². The molecule has 0 atom stereocenters. The van der Waals surface area contributed by atoms with Gasteiger partial charge in [0.05, 0.1) is 0 Å². The van der Waals surface area contributed by atoms with Crippen molar-refractivity contribution in [1.29, 1.82) is 0 Å². The molecule has 2 rings (SSSR count). The molecule has 4 nitrogen and oxygen atoms in total. The van der Waals surface area contributed by atoms with Gasteiger partial charge in [0.2, 0.25) is 0 Å². The van der Waals surface area contributed by atoms with Gasteiger partial charge in [-0.25, -0.2) is 4.98 Å². The first-order chi connectivity index (χ1) is 8.92. The Morgan fingerprint density at radius 3 is 2.58 bits per heavy atom. The minimum atomic E-state index is 0.123. The van der Waals surface area contributed by atoms with Crippen molar-refractivity contribution < 1.29 is 0 Å². The van der Waals surface area contributed by atoms with Crippen LogP contribution in [0.3, 0.4) is 0 Å². The Hall–Kier alpha value is -0.980. The van der Waals surface area contributed by atoms with Gasteiger partial charge in [0.15, 0.2) is 4.34 Å². The topological polar surface area (TPSA) is 50.7 Å². The number of rotatable bonds is 4. The van der Waals surface area contributed by atoms with Crippen LogP contribution < -0.4 is 5.32 Å². The Balaban J connectivity index is 1.95. The molecule has 2 aromatic heterocycles. The summed E-state index contributed by atoms with van der Waals surface area (Å²) in [6.07, 6.45) is 1.91. The van der Waals surface area contributed by atoms with Crippen LogP contribution in [0, 0.1) is 6.92 Å². The van der Waals surface area contributed by atoms with Crippen LogP contribution in [0.5, 0.6) is 0 Å². The molecule has 0 saturated carbocycles. The molecule has 0 aliphatic carbocycles. The van der Waals surface area contributed by atoms with Crippen molar-refractivity contribution in [2.45, 2.75) is 49.1 Å². The van der Waals surface area contributed by atoms with Gasteiger partial charge in [0, 0.05) is 18.3 Å². The minimum Gasteiger partial charge on any atom is -0.308 e. The highest BCUT2D eigenvalue weighted by Crippen LogP contribution is 2.28. The summed E-state index contributed by atoms with van der Waals surface area (Å²) in [5.41, 5.74) is 1.31. The fourth-order valence-corrected chi connectivity index (χ4v) is 3.05. The predicted octanol–water partition coefficient (Wildman–Crippen LogP) is 3.28. The summed E-state index contributed by atoms with van der Waals surface area (Å²) in [6.45, 7) is 9.25. The first-order valence-electron chi connectivity index (χ1n) is 6.10. The normalized spacial score (nSPS) is 11.8. The Morgan fingerprint density at radius 1 is 1.26 bits per heavy atom. The Bertz CT molecular complexity index is 528. The van der Waals surface area contributed by atoms with Gasteiger partial charge >= 0.3 is 0 Å². The molecule has 0 fully saturated rings. The van der Waals surface area contributed by atoms with E-state index in [1.165, 1.54) is 5.56 Å². The molecule has 2 aromatic rings. The molecule has 1 N–H and O–H groups in total. The van der Waals surface area contributed by atoms with Crippen LogP contribution in [0.4, 0.5) is 0 Å². The van der Waals surface area contributed by atoms with Crippen LogP contribution in [0.1, 0.15) is 31.3 Å². The van der Waals surface area contributed by atoms with Gasteiger partial charge in [-0.05, 0) is 51.1 Å². The van der Waals surface area contributed by atoms with Gasteiger partial charge in [0.1, 0.15) is 10.0 Å². The number of hydrogen-bond acceptors (Lipinski definition) is 6. The fraction of sp³-hybridized carbons (Fsp3) is 0.462. The first kappa shape index (κ1) is 14.4. The Morgan fingerprint density at radius 2 is 2.05 bits per heavy atom. The molecule has 19 heavy (non-hydrogen) atoms. The zero-order valence-corrected chi connectivity index (χ0v) is 13.2. The molecular formula is C13H18N4S2. The van der Waals surface area contributed by atoms with Crippen molar-refractivity contribution in [2.24, 2.45) is 0 Å². The molecular weight excluding hydrogens is 276 g/mol. The van der Waals surface area contributed by atoms with Crippen molar-refractivity contribution in [1.82, 2.24) is 20.5 Å². The van der Waals surface area contributed by atoms with Crippen LogP contribution in [0.25, 0.3) is 0 Å². The van der Waals surface area contributed by atoms with E-state index in [0.717, 1.165) is 20.9 Å². The maximum absolute atomic E-state index is 4.45. The number of aromatic nitrogens is 3. The second-order valence-electron chi connectivity index (χ2n) is 5.30. The highest BCUT2D eigenvalue weighted by Gasteiger charge is 2.09. The van der Waals surface area contributed by atoms with E-state index >= 15 is 0 Å². The van der Waals surface area contributed by atoms with Crippen molar-refractivity contribution in [3.63, 3.8) is 0 Å². The van der Waals surface area contributed by atoms with E-state index in [1.54, 1.807) is 23.1 Å². The van der Waals surface area contributed by atoms with Crippen LogP contribution in [0.2, 0.25) is 0 Å². The summed E-state index contributed by atoms with van der Waals surface area (Å²) in [5, 5.41) is 13.5. The molecule has 102 valence electrons. The first-order valence-corrected chi connectivity index (χ1v) is 7.73. The molecule has 0 amide bonds. The lowest BCUT2D eigenvalue weighted by atomic mass is 10.1. The summed E-state index contributed by atoms with van der Waals surface area (Å²) >= 11 is 3.14. The molecule has 0 bridgehead atoms. The summed E-state index contributed by atoms with van der Waals surface area (Å²) in [5.74, 6) is 0. The third-order valence-electron chi connectivity index (χ3n) is 2.32. The molecule has 0 radical (unpaired) electrons. The molecule has 0 spiro atoms. The lowest BCUT2D eigenvalue weighted by Crippen LogP contribution is -2.35. The van der Waals surface area contributed by atoms with Crippen molar-refractivity contribution in [3.8, 4) is 0 Å². The average molecular weight is 294 g/mol. The lowest BCUT2D eigenvalue weighted by Gasteiger charge is -2.20. The molecule has 0 unspecified atom stereocenters. The minimum absolute atomic E-state index is 0.123. The lowest BCUT2D eigenvalue weighted by molar-refractivity contribution is 0.424. The second-order valence-corrected chi connectivity index (χ2v) is 7.75. The summed E-state index contributed by atoms with van der Waals surface area (Å²) in [7, 11) is 0.